The van der Waals surface area contributed by atoms with E-state index >= 15 is 0 Å². The third-order valence-electron chi connectivity index (χ3n) is 3.62. The minimum Gasteiger partial charge on any atom is -0.324 e. The van der Waals surface area contributed by atoms with Crippen LogP contribution in [0.15, 0.2) is 0 Å². The number of nitrogens with zero attached hydrogens (tertiary/aromatic N) is 2. The van der Waals surface area contributed by atoms with E-state index in [1.165, 1.54) is 32.6 Å². The van der Waals surface area contributed by atoms with Gasteiger partial charge in [0.15, 0.2) is 0 Å². The maximum Gasteiger partial charge on any atom is 0.0313 e. The molecule has 1 aliphatic carbocycles. The first kappa shape index (κ1) is 9.44. The van der Waals surface area contributed by atoms with Gasteiger partial charge in [-0.3, -0.25) is 4.90 Å². The average molecular weight is 183 g/mol. The molecule has 2 atom stereocenters. The van der Waals surface area contributed by atoms with Gasteiger partial charge in [0.1, 0.15) is 0 Å². The lowest BCUT2D eigenvalue weighted by molar-refractivity contribution is 0.142. The zero-order valence-electron chi connectivity index (χ0n) is 8.79. The summed E-state index contributed by atoms with van der Waals surface area (Å²) in [5, 5.41) is 0. The highest BCUT2D eigenvalue weighted by atomic mass is 15.3. The number of likely N-dealkylation sites (N-methyl/N-ethyl adjacent to an activating group) is 1. The summed E-state index contributed by atoms with van der Waals surface area (Å²) >= 11 is 0. The summed E-state index contributed by atoms with van der Waals surface area (Å²) in [5.74, 6) is 0.743. The highest BCUT2D eigenvalue weighted by molar-refractivity contribution is 5.07. The van der Waals surface area contributed by atoms with Crippen molar-refractivity contribution in [3.63, 3.8) is 0 Å². The maximum atomic E-state index is 6.20. The minimum absolute atomic E-state index is 0.163. The fraction of sp³-hybridized carbons (Fsp3) is 1.00. The Morgan fingerprint density at radius 3 is 2.31 bits per heavy atom. The topological polar surface area (TPSA) is 32.5 Å². The van der Waals surface area contributed by atoms with Crippen LogP contribution in [0.25, 0.3) is 0 Å². The Morgan fingerprint density at radius 2 is 1.85 bits per heavy atom. The Hall–Kier alpha value is -0.120. The van der Waals surface area contributed by atoms with Crippen LogP contribution >= 0.6 is 0 Å². The van der Waals surface area contributed by atoms with E-state index in [9.17, 15) is 0 Å². The number of hydrogen-bond acceptors (Lipinski definition) is 3. The van der Waals surface area contributed by atoms with Gasteiger partial charge in [0, 0.05) is 38.3 Å². The Morgan fingerprint density at radius 1 is 1.31 bits per heavy atom. The number of nitrogens with two attached hydrogens (primary N) is 1. The third kappa shape index (κ3) is 2.03. The van der Waals surface area contributed by atoms with E-state index in [1.54, 1.807) is 0 Å². The summed E-state index contributed by atoms with van der Waals surface area (Å²) in [6.07, 6.45) is 1.22. The summed E-state index contributed by atoms with van der Waals surface area (Å²) in [7, 11) is 2.19. The number of rotatable bonds is 2. The predicted octanol–water partition coefficient (Wildman–Crippen LogP) is -0.0289. The largest absolute Gasteiger partial charge is 0.324 e. The van der Waals surface area contributed by atoms with Crippen LogP contribution in [0, 0.1) is 5.92 Å². The molecular formula is C10H21N3. The van der Waals surface area contributed by atoms with Crippen LogP contribution < -0.4 is 5.73 Å². The first-order valence-electron chi connectivity index (χ1n) is 5.30. The first-order chi connectivity index (χ1) is 6.10. The van der Waals surface area contributed by atoms with E-state index in [4.69, 9.17) is 5.73 Å². The maximum absolute atomic E-state index is 6.20. The zero-order chi connectivity index (χ0) is 9.47. The van der Waals surface area contributed by atoms with Crippen molar-refractivity contribution in [2.75, 3.05) is 39.8 Å². The lowest BCUT2D eigenvalue weighted by Crippen LogP contribution is -2.49. The SMILES string of the molecule is CC1CC1(N)CN1CCN(C)CC1. The molecule has 76 valence electrons. The van der Waals surface area contributed by atoms with Crippen LogP contribution in [0.4, 0.5) is 0 Å². The van der Waals surface area contributed by atoms with Crippen molar-refractivity contribution in [2.45, 2.75) is 18.9 Å². The van der Waals surface area contributed by atoms with Gasteiger partial charge in [0.05, 0.1) is 0 Å². The van der Waals surface area contributed by atoms with Gasteiger partial charge in [-0.15, -0.1) is 0 Å². The predicted molar refractivity (Wildman–Crippen MR) is 54.6 cm³/mol. The average Bonchev–Trinajstić information content (AvgIpc) is 2.65. The van der Waals surface area contributed by atoms with Gasteiger partial charge in [0.25, 0.3) is 0 Å². The second kappa shape index (κ2) is 3.23. The molecule has 0 radical (unpaired) electrons. The van der Waals surface area contributed by atoms with Crippen molar-refractivity contribution in [1.82, 2.24) is 9.80 Å². The number of piperazine rings is 1. The second-order valence-electron chi connectivity index (χ2n) is 4.92. The normalized spacial score (nSPS) is 42.2. The van der Waals surface area contributed by atoms with Crippen LogP contribution in [-0.4, -0.2) is 55.1 Å². The highest BCUT2D eigenvalue weighted by Gasteiger charge is 2.48. The summed E-state index contributed by atoms with van der Waals surface area (Å²) in [6, 6.07) is 0. The Bertz CT molecular complexity index is 187. The molecule has 1 saturated carbocycles. The van der Waals surface area contributed by atoms with E-state index in [0.717, 1.165) is 12.5 Å². The summed E-state index contributed by atoms with van der Waals surface area (Å²) in [6.45, 7) is 8.16. The lowest BCUT2D eigenvalue weighted by Gasteiger charge is -2.34. The van der Waals surface area contributed by atoms with Crippen molar-refractivity contribution >= 4 is 0 Å². The quantitative estimate of drug-likeness (QED) is 0.652. The molecule has 1 heterocycles. The van der Waals surface area contributed by atoms with Crippen molar-refractivity contribution in [3.8, 4) is 0 Å². The fourth-order valence-corrected chi connectivity index (χ4v) is 2.15. The first-order valence-corrected chi connectivity index (χ1v) is 5.30. The Labute approximate surface area is 80.9 Å². The molecule has 2 N–H and O–H groups in total. The molecular weight excluding hydrogens is 162 g/mol. The monoisotopic (exact) mass is 183 g/mol. The van der Waals surface area contributed by atoms with Crippen LogP contribution in [0.5, 0.6) is 0 Å². The molecule has 3 heteroatoms. The molecule has 0 aromatic rings. The molecule has 1 aliphatic heterocycles. The molecule has 0 aromatic carbocycles. The van der Waals surface area contributed by atoms with Gasteiger partial charge < -0.3 is 10.6 Å². The van der Waals surface area contributed by atoms with Gasteiger partial charge in [-0.1, -0.05) is 6.92 Å². The second-order valence-corrected chi connectivity index (χ2v) is 4.92. The van der Waals surface area contributed by atoms with Gasteiger partial charge in [-0.05, 0) is 19.4 Å². The fourth-order valence-electron chi connectivity index (χ4n) is 2.15. The molecule has 0 amide bonds. The lowest BCUT2D eigenvalue weighted by atomic mass is 10.2. The van der Waals surface area contributed by atoms with E-state index in [0.29, 0.717) is 0 Å². The molecule has 2 rings (SSSR count). The van der Waals surface area contributed by atoms with Gasteiger partial charge in [0.2, 0.25) is 0 Å². The highest BCUT2D eigenvalue weighted by Crippen LogP contribution is 2.40. The number of hydrogen-bond donors (Lipinski definition) is 1. The van der Waals surface area contributed by atoms with Crippen LogP contribution in [0.2, 0.25) is 0 Å². The summed E-state index contributed by atoms with van der Waals surface area (Å²) in [4.78, 5) is 4.90. The summed E-state index contributed by atoms with van der Waals surface area (Å²) < 4.78 is 0. The minimum atomic E-state index is 0.163. The van der Waals surface area contributed by atoms with E-state index in [-0.39, 0.29) is 5.54 Å². The van der Waals surface area contributed by atoms with Crippen molar-refractivity contribution in [2.24, 2.45) is 11.7 Å². The zero-order valence-corrected chi connectivity index (χ0v) is 8.79. The molecule has 0 bridgehead atoms. The summed E-state index contributed by atoms with van der Waals surface area (Å²) in [5.41, 5.74) is 6.36. The third-order valence-corrected chi connectivity index (χ3v) is 3.62. The van der Waals surface area contributed by atoms with Gasteiger partial charge in [-0.25, -0.2) is 0 Å². The van der Waals surface area contributed by atoms with E-state index in [1.807, 2.05) is 0 Å². The van der Waals surface area contributed by atoms with Crippen molar-refractivity contribution in [1.29, 1.82) is 0 Å². The van der Waals surface area contributed by atoms with E-state index < -0.39 is 0 Å². The molecule has 2 aliphatic rings. The van der Waals surface area contributed by atoms with Crippen LogP contribution in [0.1, 0.15) is 13.3 Å². The van der Waals surface area contributed by atoms with Gasteiger partial charge >= 0.3 is 0 Å². The van der Waals surface area contributed by atoms with Gasteiger partial charge in [-0.2, -0.15) is 0 Å². The Balaban J connectivity index is 1.77. The van der Waals surface area contributed by atoms with Crippen molar-refractivity contribution < 1.29 is 0 Å². The molecule has 2 fully saturated rings. The molecule has 0 aromatic heterocycles. The smallest absolute Gasteiger partial charge is 0.0313 e. The molecule has 1 saturated heterocycles. The molecule has 13 heavy (non-hydrogen) atoms. The standard InChI is InChI=1S/C10H21N3/c1-9-7-10(9,11)8-13-5-3-12(2)4-6-13/h9H,3-8,11H2,1-2H3. The Kier molecular flexibility index (Phi) is 2.34. The van der Waals surface area contributed by atoms with E-state index in [2.05, 4.69) is 23.8 Å². The molecule has 0 spiro atoms. The molecule has 3 nitrogen and oxygen atoms in total. The molecule has 2 unspecified atom stereocenters. The van der Waals surface area contributed by atoms with Crippen LogP contribution in [-0.2, 0) is 0 Å². The van der Waals surface area contributed by atoms with Crippen molar-refractivity contribution in [3.05, 3.63) is 0 Å². The van der Waals surface area contributed by atoms with Crippen LogP contribution in [0.3, 0.4) is 0 Å².